The fourth-order valence-corrected chi connectivity index (χ4v) is 3.84. The Morgan fingerprint density at radius 3 is 2.74 bits per heavy atom. The molecule has 0 amide bonds. The number of anilines is 1. The molecule has 1 aliphatic heterocycles. The van der Waals surface area contributed by atoms with Gasteiger partial charge in [-0.1, -0.05) is 11.6 Å². The van der Waals surface area contributed by atoms with Crippen LogP contribution in [-0.2, 0) is 24.5 Å². The molecule has 2 aromatic rings. The van der Waals surface area contributed by atoms with Gasteiger partial charge in [0.05, 0.1) is 27.4 Å². The molecule has 0 bridgehead atoms. The van der Waals surface area contributed by atoms with Gasteiger partial charge in [-0.05, 0) is 37.3 Å². The third-order valence-electron chi connectivity index (χ3n) is 4.67. The molecule has 3 rings (SSSR count). The number of quaternary nitrogens is 1. The number of nitrogens with zero attached hydrogens (tertiary/aromatic N) is 4. The Hall–Kier alpha value is -1.61. The molecule has 9 heteroatoms. The van der Waals surface area contributed by atoms with E-state index in [4.69, 9.17) is 38.4 Å². The van der Waals surface area contributed by atoms with Crippen molar-refractivity contribution in [2.75, 3.05) is 45.4 Å². The SMILES string of the molecule is CCn1c(N2CCOCC2)nn(C[NH+](C)Cc2cc(Cl)ccc2OC)c1=S. The smallest absolute Gasteiger partial charge is 0.226 e. The van der Waals surface area contributed by atoms with Crippen molar-refractivity contribution in [2.24, 2.45) is 0 Å². The molecule has 1 aliphatic rings. The van der Waals surface area contributed by atoms with E-state index in [0.717, 1.165) is 61.4 Å². The molecule has 1 aromatic carbocycles. The summed E-state index contributed by atoms with van der Waals surface area (Å²) >= 11 is 11.8. The molecule has 0 spiro atoms. The average molecular weight is 413 g/mol. The number of morpholine rings is 1. The Balaban J connectivity index is 1.78. The fraction of sp³-hybridized carbons (Fsp3) is 0.556. The first-order valence-electron chi connectivity index (χ1n) is 9.17. The van der Waals surface area contributed by atoms with Crippen molar-refractivity contribution < 1.29 is 14.4 Å². The summed E-state index contributed by atoms with van der Waals surface area (Å²) in [5.74, 6) is 1.77. The third-order valence-corrected chi connectivity index (χ3v) is 5.33. The molecule has 27 heavy (non-hydrogen) atoms. The van der Waals surface area contributed by atoms with Crippen LogP contribution in [0.2, 0.25) is 5.02 Å². The summed E-state index contributed by atoms with van der Waals surface area (Å²) in [6.45, 7) is 7.45. The van der Waals surface area contributed by atoms with Gasteiger partial charge in [-0.15, -0.1) is 5.10 Å². The zero-order valence-corrected chi connectivity index (χ0v) is 17.6. The summed E-state index contributed by atoms with van der Waals surface area (Å²) in [6, 6.07) is 5.69. The minimum absolute atomic E-state index is 0.666. The average Bonchev–Trinajstić information content (AvgIpc) is 2.98. The van der Waals surface area contributed by atoms with Crippen LogP contribution in [0.3, 0.4) is 0 Å². The molecule has 1 atom stereocenters. The fourth-order valence-electron chi connectivity index (χ4n) is 3.33. The van der Waals surface area contributed by atoms with Crippen molar-refractivity contribution in [3.05, 3.63) is 33.6 Å². The Kier molecular flexibility index (Phi) is 6.75. The molecule has 148 valence electrons. The number of methoxy groups -OCH3 is 1. The van der Waals surface area contributed by atoms with E-state index < -0.39 is 0 Å². The van der Waals surface area contributed by atoms with Gasteiger partial charge in [-0.3, -0.25) is 4.57 Å². The van der Waals surface area contributed by atoms with Crippen molar-refractivity contribution in [3.63, 3.8) is 0 Å². The molecule has 1 aromatic heterocycles. The summed E-state index contributed by atoms with van der Waals surface area (Å²) in [5.41, 5.74) is 1.07. The Morgan fingerprint density at radius 2 is 2.07 bits per heavy atom. The van der Waals surface area contributed by atoms with Crippen LogP contribution in [-0.4, -0.2) is 54.8 Å². The zero-order chi connectivity index (χ0) is 19.4. The highest BCUT2D eigenvalue weighted by molar-refractivity contribution is 7.71. The van der Waals surface area contributed by atoms with Gasteiger partial charge < -0.3 is 19.3 Å². The molecular weight excluding hydrogens is 386 g/mol. The summed E-state index contributed by atoms with van der Waals surface area (Å²) in [7, 11) is 3.79. The number of aromatic nitrogens is 3. The molecule has 2 heterocycles. The van der Waals surface area contributed by atoms with E-state index in [0.29, 0.717) is 11.7 Å². The van der Waals surface area contributed by atoms with Gasteiger partial charge in [0.1, 0.15) is 12.3 Å². The first-order chi connectivity index (χ1) is 13.0. The predicted octanol–water partition coefficient (Wildman–Crippen LogP) is 1.60. The van der Waals surface area contributed by atoms with Gasteiger partial charge in [-0.25, -0.2) is 0 Å². The van der Waals surface area contributed by atoms with Crippen LogP contribution in [0.25, 0.3) is 0 Å². The van der Waals surface area contributed by atoms with E-state index in [1.54, 1.807) is 7.11 Å². The predicted molar refractivity (Wildman–Crippen MR) is 108 cm³/mol. The lowest BCUT2D eigenvalue weighted by molar-refractivity contribution is -0.917. The molecule has 7 nitrogen and oxygen atoms in total. The van der Waals surface area contributed by atoms with Crippen molar-refractivity contribution in [1.82, 2.24) is 14.3 Å². The Morgan fingerprint density at radius 1 is 1.33 bits per heavy atom. The second-order valence-corrected chi connectivity index (χ2v) is 7.48. The number of benzene rings is 1. The Bertz CT molecular complexity index is 832. The third kappa shape index (κ3) is 4.63. The van der Waals surface area contributed by atoms with E-state index >= 15 is 0 Å². The molecule has 0 saturated carbocycles. The number of rotatable bonds is 7. The van der Waals surface area contributed by atoms with Crippen molar-refractivity contribution >= 4 is 29.8 Å². The highest BCUT2D eigenvalue weighted by atomic mass is 35.5. The monoisotopic (exact) mass is 412 g/mol. The van der Waals surface area contributed by atoms with Crippen molar-refractivity contribution in [2.45, 2.75) is 26.7 Å². The quantitative estimate of drug-likeness (QED) is 0.700. The lowest BCUT2D eigenvalue weighted by Gasteiger charge is -2.27. The maximum atomic E-state index is 6.15. The highest BCUT2D eigenvalue weighted by Gasteiger charge is 2.20. The maximum Gasteiger partial charge on any atom is 0.226 e. The topological polar surface area (TPSA) is 48.9 Å². The maximum absolute atomic E-state index is 6.15. The number of hydrogen-bond donors (Lipinski definition) is 1. The van der Waals surface area contributed by atoms with Crippen LogP contribution in [0.4, 0.5) is 5.95 Å². The van der Waals surface area contributed by atoms with Crippen LogP contribution >= 0.6 is 23.8 Å². The molecule has 0 radical (unpaired) electrons. The molecule has 0 aliphatic carbocycles. The number of nitrogens with one attached hydrogen (secondary N) is 1. The molecule has 1 fully saturated rings. The van der Waals surface area contributed by atoms with Crippen LogP contribution in [0.15, 0.2) is 18.2 Å². The molecule has 1 N–H and O–H groups in total. The van der Waals surface area contributed by atoms with Crippen LogP contribution in [0, 0.1) is 4.77 Å². The van der Waals surface area contributed by atoms with Crippen LogP contribution in [0.1, 0.15) is 12.5 Å². The second kappa shape index (κ2) is 9.05. The van der Waals surface area contributed by atoms with E-state index in [-0.39, 0.29) is 0 Å². The lowest BCUT2D eigenvalue weighted by Crippen LogP contribution is -3.07. The minimum atomic E-state index is 0.666. The first kappa shape index (κ1) is 20.1. The summed E-state index contributed by atoms with van der Waals surface area (Å²) in [4.78, 5) is 3.48. The second-order valence-electron chi connectivity index (χ2n) is 6.67. The van der Waals surface area contributed by atoms with Crippen LogP contribution < -0.4 is 14.5 Å². The molecule has 1 saturated heterocycles. The number of hydrogen-bond acceptors (Lipinski definition) is 5. The normalized spacial score (nSPS) is 15.8. The Labute approximate surface area is 170 Å². The highest BCUT2D eigenvalue weighted by Crippen LogP contribution is 2.21. The van der Waals surface area contributed by atoms with Gasteiger partial charge in [0, 0.05) is 30.2 Å². The molecule has 1 unspecified atom stereocenters. The largest absolute Gasteiger partial charge is 0.496 e. The van der Waals surface area contributed by atoms with Gasteiger partial charge in [0.15, 0.2) is 6.67 Å². The minimum Gasteiger partial charge on any atom is -0.496 e. The first-order valence-corrected chi connectivity index (χ1v) is 9.96. The van der Waals surface area contributed by atoms with E-state index in [9.17, 15) is 0 Å². The van der Waals surface area contributed by atoms with Gasteiger partial charge in [-0.2, -0.15) is 4.68 Å². The standard InChI is InChI=1S/C18H26ClN5O2S/c1-4-23-17(22-7-9-26-10-8-22)20-24(18(23)27)13-21(2)12-14-11-15(19)5-6-16(14)25-3/h5-6,11H,4,7-10,12-13H2,1-3H3/p+1. The van der Waals surface area contributed by atoms with Crippen molar-refractivity contribution in [1.29, 1.82) is 0 Å². The number of halogens is 1. The van der Waals surface area contributed by atoms with Crippen molar-refractivity contribution in [3.8, 4) is 5.75 Å². The van der Waals surface area contributed by atoms with E-state index in [1.807, 2.05) is 22.9 Å². The number of ether oxygens (including phenoxy) is 2. The lowest BCUT2D eigenvalue weighted by atomic mass is 10.2. The van der Waals surface area contributed by atoms with E-state index in [1.165, 1.54) is 4.90 Å². The van der Waals surface area contributed by atoms with Gasteiger partial charge in [0.25, 0.3) is 0 Å². The van der Waals surface area contributed by atoms with Crippen LogP contribution in [0.5, 0.6) is 5.75 Å². The van der Waals surface area contributed by atoms with Gasteiger partial charge in [0.2, 0.25) is 10.7 Å². The summed E-state index contributed by atoms with van der Waals surface area (Å²) < 4.78 is 15.7. The molecular formula is C18H27ClN5O2S+. The van der Waals surface area contributed by atoms with E-state index in [2.05, 4.69) is 23.4 Å². The zero-order valence-electron chi connectivity index (χ0n) is 16.1. The summed E-state index contributed by atoms with van der Waals surface area (Å²) in [5, 5.41) is 5.52. The summed E-state index contributed by atoms with van der Waals surface area (Å²) in [6.07, 6.45) is 0. The van der Waals surface area contributed by atoms with Gasteiger partial charge >= 0.3 is 0 Å².